The predicted octanol–water partition coefficient (Wildman–Crippen LogP) is 2.27. The smallest absolute Gasteiger partial charge is 0.327 e. The molecule has 162 valence electrons. The molecular weight excluding hydrogens is 388 g/mol. The van der Waals surface area contributed by atoms with Crippen molar-refractivity contribution in [2.75, 3.05) is 57.8 Å². The second-order valence-electron chi connectivity index (χ2n) is 8.63. The molecule has 2 aliphatic heterocycles. The standard InChI is InChI=1S/C24H30N6O/c1-27-12-14-28(15-13-27)20-16-29(17-20)21-8-5-9-22-23(21)26-18-30(22)24(31)25-11-10-19-6-3-2-4-7-19/h2-9,18,20H,10-17H2,1H3,(H,25,31). The van der Waals surface area contributed by atoms with Gasteiger partial charge in [-0.1, -0.05) is 36.4 Å². The van der Waals surface area contributed by atoms with Crippen LogP contribution in [-0.2, 0) is 6.42 Å². The molecule has 0 atom stereocenters. The van der Waals surface area contributed by atoms with Gasteiger partial charge in [0.25, 0.3) is 0 Å². The molecular formula is C24H30N6O. The van der Waals surface area contributed by atoms with Crippen LogP contribution in [0.15, 0.2) is 54.9 Å². The lowest BCUT2D eigenvalue weighted by atomic mass is 10.0. The number of amides is 1. The Morgan fingerprint density at radius 3 is 2.58 bits per heavy atom. The quantitative estimate of drug-likeness (QED) is 0.689. The topological polar surface area (TPSA) is 56.6 Å². The average Bonchev–Trinajstić information content (AvgIpc) is 3.20. The van der Waals surface area contributed by atoms with Crippen molar-refractivity contribution in [2.24, 2.45) is 0 Å². The van der Waals surface area contributed by atoms with Crippen LogP contribution in [0.5, 0.6) is 0 Å². The predicted molar refractivity (Wildman–Crippen MR) is 124 cm³/mol. The van der Waals surface area contributed by atoms with Crippen molar-refractivity contribution in [1.82, 2.24) is 24.7 Å². The van der Waals surface area contributed by atoms with Crippen LogP contribution in [-0.4, -0.2) is 84.3 Å². The molecule has 0 spiro atoms. The molecule has 0 bridgehead atoms. The highest BCUT2D eigenvalue weighted by atomic mass is 16.2. The minimum atomic E-state index is -0.130. The van der Waals surface area contributed by atoms with Crippen LogP contribution in [0.3, 0.4) is 0 Å². The molecule has 2 saturated heterocycles. The molecule has 7 nitrogen and oxygen atoms in total. The van der Waals surface area contributed by atoms with Crippen molar-refractivity contribution in [2.45, 2.75) is 12.5 Å². The van der Waals surface area contributed by atoms with E-state index in [4.69, 9.17) is 0 Å². The second-order valence-corrected chi connectivity index (χ2v) is 8.63. The highest BCUT2D eigenvalue weighted by molar-refractivity contribution is 5.95. The van der Waals surface area contributed by atoms with E-state index >= 15 is 0 Å². The van der Waals surface area contributed by atoms with Crippen LogP contribution >= 0.6 is 0 Å². The Balaban J connectivity index is 1.22. The second kappa shape index (κ2) is 8.69. The monoisotopic (exact) mass is 418 g/mol. The van der Waals surface area contributed by atoms with Gasteiger partial charge in [0, 0.05) is 51.9 Å². The van der Waals surface area contributed by atoms with Crippen molar-refractivity contribution >= 4 is 22.8 Å². The van der Waals surface area contributed by atoms with Crippen molar-refractivity contribution in [3.63, 3.8) is 0 Å². The maximum atomic E-state index is 12.7. The van der Waals surface area contributed by atoms with Crippen molar-refractivity contribution in [3.8, 4) is 0 Å². The summed E-state index contributed by atoms with van der Waals surface area (Å²) in [5.74, 6) is 0. The largest absolute Gasteiger partial charge is 0.366 e. The van der Waals surface area contributed by atoms with E-state index < -0.39 is 0 Å². The molecule has 0 saturated carbocycles. The first-order chi connectivity index (χ1) is 15.2. The summed E-state index contributed by atoms with van der Waals surface area (Å²) in [5, 5.41) is 3.02. The fourth-order valence-electron chi connectivity index (χ4n) is 4.55. The summed E-state index contributed by atoms with van der Waals surface area (Å²) in [6.45, 7) is 7.25. The lowest BCUT2D eigenvalue weighted by molar-refractivity contribution is 0.0964. The van der Waals surface area contributed by atoms with Gasteiger partial charge in [-0.3, -0.25) is 9.47 Å². The highest BCUT2D eigenvalue weighted by Crippen LogP contribution is 2.30. The number of imidazole rings is 1. The summed E-state index contributed by atoms with van der Waals surface area (Å²) in [6, 6.07) is 16.8. The third-order valence-corrected chi connectivity index (χ3v) is 6.56. The first-order valence-electron chi connectivity index (χ1n) is 11.1. The Labute approximate surface area is 183 Å². The molecule has 0 unspecified atom stereocenters. The van der Waals surface area contributed by atoms with Gasteiger partial charge >= 0.3 is 6.03 Å². The Kier molecular flexibility index (Phi) is 5.61. The molecule has 1 N–H and O–H groups in total. The van der Waals surface area contributed by atoms with Gasteiger partial charge in [0.15, 0.2) is 0 Å². The number of nitrogens with one attached hydrogen (secondary N) is 1. The Bertz CT molecular complexity index is 1030. The van der Waals surface area contributed by atoms with Gasteiger partial charge in [-0.2, -0.15) is 0 Å². The van der Waals surface area contributed by atoms with Crippen molar-refractivity contribution < 1.29 is 4.79 Å². The molecule has 3 aromatic rings. The zero-order valence-corrected chi connectivity index (χ0v) is 18.1. The molecule has 3 heterocycles. The van der Waals surface area contributed by atoms with Crippen molar-refractivity contribution in [1.29, 1.82) is 0 Å². The molecule has 7 heteroatoms. The van der Waals surface area contributed by atoms with Gasteiger partial charge < -0.3 is 15.1 Å². The van der Waals surface area contributed by atoms with E-state index in [1.807, 2.05) is 30.3 Å². The summed E-state index contributed by atoms with van der Waals surface area (Å²) in [7, 11) is 2.19. The molecule has 2 aromatic carbocycles. The van der Waals surface area contributed by atoms with E-state index in [1.165, 1.54) is 5.56 Å². The number of anilines is 1. The average molecular weight is 419 g/mol. The number of hydrogen-bond acceptors (Lipinski definition) is 5. The van der Waals surface area contributed by atoms with Crippen LogP contribution in [0.4, 0.5) is 10.5 Å². The van der Waals surface area contributed by atoms with Crippen LogP contribution < -0.4 is 10.2 Å². The molecule has 0 radical (unpaired) electrons. The molecule has 2 fully saturated rings. The normalized spacial score (nSPS) is 18.3. The first-order valence-corrected chi connectivity index (χ1v) is 11.1. The van der Waals surface area contributed by atoms with E-state index in [0.29, 0.717) is 12.6 Å². The number of aromatic nitrogens is 2. The number of fused-ring (bicyclic) bond motifs is 1. The van der Waals surface area contributed by atoms with Crippen LogP contribution in [0.2, 0.25) is 0 Å². The Morgan fingerprint density at radius 2 is 1.81 bits per heavy atom. The fourth-order valence-corrected chi connectivity index (χ4v) is 4.55. The number of hydrogen-bond donors (Lipinski definition) is 1. The number of para-hydroxylation sites is 1. The summed E-state index contributed by atoms with van der Waals surface area (Å²) >= 11 is 0. The van der Waals surface area contributed by atoms with Crippen molar-refractivity contribution in [3.05, 3.63) is 60.4 Å². The number of piperazine rings is 1. The molecule has 31 heavy (non-hydrogen) atoms. The number of benzene rings is 2. The van der Waals surface area contributed by atoms with Gasteiger partial charge in [-0.05, 0) is 31.2 Å². The summed E-state index contributed by atoms with van der Waals surface area (Å²) in [5.41, 5.74) is 4.10. The molecule has 0 aliphatic carbocycles. The van der Waals surface area contributed by atoms with E-state index in [9.17, 15) is 4.79 Å². The van der Waals surface area contributed by atoms with Gasteiger partial charge in [-0.25, -0.2) is 9.78 Å². The maximum absolute atomic E-state index is 12.7. The molecule has 2 aliphatic rings. The van der Waals surface area contributed by atoms with Crippen LogP contribution in [0.1, 0.15) is 5.56 Å². The molecule has 5 rings (SSSR count). The fraction of sp³-hybridized carbons (Fsp3) is 0.417. The number of nitrogens with zero attached hydrogens (tertiary/aromatic N) is 5. The number of carbonyl (C=O) groups is 1. The van der Waals surface area contributed by atoms with Gasteiger partial charge in [0.1, 0.15) is 11.8 Å². The molecule has 1 aromatic heterocycles. The van der Waals surface area contributed by atoms with Crippen LogP contribution in [0, 0.1) is 0 Å². The number of carbonyl (C=O) groups excluding carboxylic acids is 1. The van der Waals surface area contributed by atoms with E-state index in [-0.39, 0.29) is 6.03 Å². The minimum Gasteiger partial charge on any atom is -0.366 e. The minimum absolute atomic E-state index is 0.130. The first kappa shape index (κ1) is 20.0. The SMILES string of the molecule is CN1CCN(C2CN(c3cccc4c3ncn4C(=O)NCCc3ccccc3)C2)CC1. The number of likely N-dealkylation sites (N-methyl/N-ethyl adjacent to an activating group) is 1. The lowest BCUT2D eigenvalue weighted by Crippen LogP contribution is -2.63. The summed E-state index contributed by atoms with van der Waals surface area (Å²) < 4.78 is 1.63. The van der Waals surface area contributed by atoms with E-state index in [2.05, 4.69) is 50.2 Å². The number of rotatable bonds is 5. The zero-order chi connectivity index (χ0) is 21.2. The summed E-state index contributed by atoms with van der Waals surface area (Å²) in [4.78, 5) is 24.7. The third kappa shape index (κ3) is 4.16. The Morgan fingerprint density at radius 1 is 1.03 bits per heavy atom. The maximum Gasteiger partial charge on any atom is 0.327 e. The summed E-state index contributed by atoms with van der Waals surface area (Å²) in [6.07, 6.45) is 2.45. The Hall–Kier alpha value is -2.90. The van der Waals surface area contributed by atoms with Crippen LogP contribution in [0.25, 0.3) is 11.0 Å². The lowest BCUT2D eigenvalue weighted by Gasteiger charge is -2.48. The van der Waals surface area contributed by atoms with Gasteiger partial charge in [0.2, 0.25) is 0 Å². The van der Waals surface area contributed by atoms with Gasteiger partial charge in [0.05, 0.1) is 11.2 Å². The van der Waals surface area contributed by atoms with E-state index in [0.717, 1.165) is 62.4 Å². The zero-order valence-electron chi connectivity index (χ0n) is 18.1. The molecule has 1 amide bonds. The third-order valence-electron chi connectivity index (χ3n) is 6.56. The highest BCUT2D eigenvalue weighted by Gasteiger charge is 2.34. The van der Waals surface area contributed by atoms with Gasteiger partial charge in [-0.15, -0.1) is 0 Å². The van der Waals surface area contributed by atoms with E-state index in [1.54, 1.807) is 10.9 Å².